The van der Waals surface area contributed by atoms with Crippen molar-refractivity contribution in [1.29, 1.82) is 0 Å². The van der Waals surface area contributed by atoms with Crippen molar-refractivity contribution in [2.24, 2.45) is 0 Å². The Bertz CT molecular complexity index is 803. The van der Waals surface area contributed by atoms with Crippen LogP contribution in [0.3, 0.4) is 0 Å². The van der Waals surface area contributed by atoms with E-state index in [0.29, 0.717) is 18.7 Å². The molecule has 2 rings (SSSR count). The van der Waals surface area contributed by atoms with E-state index in [1.807, 2.05) is 24.3 Å². The van der Waals surface area contributed by atoms with Gasteiger partial charge in [0.15, 0.2) is 0 Å². The van der Waals surface area contributed by atoms with E-state index in [1.165, 1.54) is 24.3 Å². The molecule has 0 aromatic heterocycles. The zero-order valence-corrected chi connectivity index (χ0v) is 15.9. The van der Waals surface area contributed by atoms with Gasteiger partial charge in [0.2, 0.25) is 10.0 Å². The lowest BCUT2D eigenvalue weighted by atomic mass is 10.1. The Kier molecular flexibility index (Phi) is 6.15. The van der Waals surface area contributed by atoms with E-state index < -0.39 is 10.0 Å². The molecular weight excluding hydrogens is 392 g/mol. The number of nitrogens with one attached hydrogen (secondary N) is 1. The van der Waals surface area contributed by atoms with Gasteiger partial charge in [0.25, 0.3) is 5.91 Å². The van der Waals surface area contributed by atoms with Gasteiger partial charge in [-0.3, -0.25) is 4.79 Å². The fourth-order valence-corrected chi connectivity index (χ4v) is 3.51. The molecule has 7 heteroatoms. The summed E-state index contributed by atoms with van der Waals surface area (Å²) >= 11 is 3.38. The van der Waals surface area contributed by atoms with Crippen LogP contribution in [0.2, 0.25) is 0 Å². The van der Waals surface area contributed by atoms with E-state index >= 15 is 0 Å². The van der Waals surface area contributed by atoms with Gasteiger partial charge >= 0.3 is 0 Å². The lowest BCUT2D eigenvalue weighted by Gasteiger charge is -2.17. The standard InChI is InChI=1S/C17H19BrN2O3S/c1-3-19-24(22,23)16-10-6-14(7-11-16)17(21)20(2)12-13-4-8-15(18)9-5-13/h4-11,19H,3,12H2,1-2H3. The van der Waals surface area contributed by atoms with E-state index in [1.54, 1.807) is 18.9 Å². The Hall–Kier alpha value is -1.70. The molecule has 2 aromatic rings. The summed E-state index contributed by atoms with van der Waals surface area (Å²) in [6, 6.07) is 13.7. The Labute approximate surface area is 150 Å². The minimum Gasteiger partial charge on any atom is -0.337 e. The minimum absolute atomic E-state index is 0.150. The van der Waals surface area contributed by atoms with Gasteiger partial charge in [0.05, 0.1) is 4.90 Å². The van der Waals surface area contributed by atoms with Crippen LogP contribution in [0.25, 0.3) is 0 Å². The normalized spacial score (nSPS) is 11.3. The van der Waals surface area contributed by atoms with Crippen molar-refractivity contribution in [3.05, 3.63) is 64.1 Å². The summed E-state index contributed by atoms with van der Waals surface area (Å²) in [5.41, 5.74) is 1.46. The largest absolute Gasteiger partial charge is 0.337 e. The molecule has 0 heterocycles. The number of benzene rings is 2. The third-order valence-corrected chi connectivity index (χ3v) is 5.52. The van der Waals surface area contributed by atoms with Crippen LogP contribution in [0.1, 0.15) is 22.8 Å². The molecule has 0 saturated heterocycles. The highest BCUT2D eigenvalue weighted by atomic mass is 79.9. The number of amides is 1. The molecule has 24 heavy (non-hydrogen) atoms. The highest BCUT2D eigenvalue weighted by molar-refractivity contribution is 9.10. The van der Waals surface area contributed by atoms with Crippen LogP contribution in [-0.2, 0) is 16.6 Å². The first-order valence-electron chi connectivity index (χ1n) is 7.43. The number of rotatable bonds is 6. The summed E-state index contributed by atoms with van der Waals surface area (Å²) in [6.45, 7) is 2.51. The lowest BCUT2D eigenvalue weighted by Crippen LogP contribution is -2.26. The third-order valence-electron chi connectivity index (χ3n) is 3.43. The van der Waals surface area contributed by atoms with E-state index in [0.717, 1.165) is 10.0 Å². The highest BCUT2D eigenvalue weighted by Crippen LogP contribution is 2.15. The SMILES string of the molecule is CCNS(=O)(=O)c1ccc(C(=O)N(C)Cc2ccc(Br)cc2)cc1. The average Bonchev–Trinajstić information content (AvgIpc) is 2.56. The average molecular weight is 411 g/mol. The van der Waals surface area contributed by atoms with E-state index in [2.05, 4.69) is 20.7 Å². The Morgan fingerprint density at radius 2 is 1.67 bits per heavy atom. The van der Waals surface area contributed by atoms with Crippen molar-refractivity contribution in [3.63, 3.8) is 0 Å². The second-order valence-corrected chi connectivity index (χ2v) is 8.00. The highest BCUT2D eigenvalue weighted by Gasteiger charge is 2.16. The summed E-state index contributed by atoms with van der Waals surface area (Å²) in [5, 5.41) is 0. The molecular formula is C17H19BrN2O3S. The fourth-order valence-electron chi connectivity index (χ4n) is 2.21. The zero-order chi connectivity index (χ0) is 17.7. The van der Waals surface area contributed by atoms with Crippen LogP contribution < -0.4 is 4.72 Å². The molecule has 0 radical (unpaired) electrons. The number of carbonyl (C=O) groups excluding carboxylic acids is 1. The quantitative estimate of drug-likeness (QED) is 0.795. The number of nitrogens with zero attached hydrogens (tertiary/aromatic N) is 1. The van der Waals surface area contributed by atoms with E-state index in [-0.39, 0.29) is 10.8 Å². The minimum atomic E-state index is -3.51. The van der Waals surface area contributed by atoms with Crippen LogP contribution in [0.15, 0.2) is 57.9 Å². The topological polar surface area (TPSA) is 66.5 Å². The number of carbonyl (C=O) groups is 1. The maximum Gasteiger partial charge on any atom is 0.253 e. The Balaban J connectivity index is 2.10. The van der Waals surface area contributed by atoms with Crippen molar-refractivity contribution >= 4 is 31.9 Å². The first-order valence-corrected chi connectivity index (χ1v) is 9.70. The monoisotopic (exact) mass is 410 g/mol. The van der Waals surface area contributed by atoms with Crippen LogP contribution >= 0.6 is 15.9 Å². The smallest absolute Gasteiger partial charge is 0.253 e. The van der Waals surface area contributed by atoms with Crippen molar-refractivity contribution in [1.82, 2.24) is 9.62 Å². The molecule has 5 nitrogen and oxygen atoms in total. The number of halogens is 1. The van der Waals surface area contributed by atoms with Crippen LogP contribution in [0.4, 0.5) is 0 Å². The summed E-state index contributed by atoms with van der Waals surface area (Å²) in [5.74, 6) is -0.162. The molecule has 0 spiro atoms. The van der Waals surface area contributed by atoms with Gasteiger partial charge in [-0.1, -0.05) is 35.0 Å². The van der Waals surface area contributed by atoms with Crippen LogP contribution in [0.5, 0.6) is 0 Å². The van der Waals surface area contributed by atoms with Crippen molar-refractivity contribution < 1.29 is 13.2 Å². The summed E-state index contributed by atoms with van der Waals surface area (Å²) in [4.78, 5) is 14.2. The molecule has 0 bridgehead atoms. The van der Waals surface area contributed by atoms with Crippen molar-refractivity contribution in [2.75, 3.05) is 13.6 Å². The summed E-state index contributed by atoms with van der Waals surface area (Å²) in [6.07, 6.45) is 0. The Morgan fingerprint density at radius 3 is 2.21 bits per heavy atom. The molecule has 1 amide bonds. The Morgan fingerprint density at radius 1 is 1.08 bits per heavy atom. The summed E-state index contributed by atoms with van der Waals surface area (Å²) < 4.78 is 27.2. The first kappa shape index (κ1) is 18.6. The number of sulfonamides is 1. The molecule has 0 unspecified atom stereocenters. The van der Waals surface area contributed by atoms with Crippen molar-refractivity contribution in [3.8, 4) is 0 Å². The molecule has 0 saturated carbocycles. The predicted octanol–water partition coefficient (Wildman–Crippen LogP) is 3.02. The molecule has 0 fully saturated rings. The van der Waals surface area contributed by atoms with Gasteiger partial charge in [-0.15, -0.1) is 0 Å². The van der Waals surface area contributed by atoms with Gasteiger partial charge < -0.3 is 4.90 Å². The molecule has 1 N–H and O–H groups in total. The van der Waals surface area contributed by atoms with Gasteiger partial charge in [0, 0.05) is 30.2 Å². The van der Waals surface area contributed by atoms with Gasteiger partial charge in [-0.25, -0.2) is 13.1 Å². The van der Waals surface area contributed by atoms with Gasteiger partial charge in [-0.2, -0.15) is 0 Å². The lowest BCUT2D eigenvalue weighted by molar-refractivity contribution is 0.0785. The molecule has 128 valence electrons. The molecule has 0 aliphatic rings. The fraction of sp³-hybridized carbons (Fsp3) is 0.235. The van der Waals surface area contributed by atoms with Crippen LogP contribution in [0, 0.1) is 0 Å². The zero-order valence-electron chi connectivity index (χ0n) is 13.5. The number of hydrogen-bond donors (Lipinski definition) is 1. The molecule has 0 aliphatic carbocycles. The summed E-state index contributed by atoms with van der Waals surface area (Å²) in [7, 11) is -1.79. The maximum atomic E-state index is 12.5. The van der Waals surface area contributed by atoms with E-state index in [9.17, 15) is 13.2 Å². The molecule has 0 atom stereocenters. The number of hydrogen-bond acceptors (Lipinski definition) is 3. The molecule has 0 aliphatic heterocycles. The van der Waals surface area contributed by atoms with Gasteiger partial charge in [-0.05, 0) is 42.0 Å². The second-order valence-electron chi connectivity index (χ2n) is 5.31. The second kappa shape index (κ2) is 7.92. The third kappa shape index (κ3) is 4.66. The molecule has 2 aromatic carbocycles. The maximum absolute atomic E-state index is 12.5. The predicted molar refractivity (Wildman–Crippen MR) is 97.2 cm³/mol. The van der Waals surface area contributed by atoms with Gasteiger partial charge in [0.1, 0.15) is 0 Å². The van der Waals surface area contributed by atoms with E-state index in [4.69, 9.17) is 0 Å². The first-order chi connectivity index (χ1) is 11.3. The van der Waals surface area contributed by atoms with Crippen LogP contribution in [-0.4, -0.2) is 32.8 Å². The van der Waals surface area contributed by atoms with Crippen molar-refractivity contribution in [2.45, 2.75) is 18.4 Å².